The zero-order valence-electron chi connectivity index (χ0n) is 3.15. The van der Waals surface area contributed by atoms with Gasteiger partial charge < -0.3 is 15.4 Å². The number of carboxylic acid groups (broad SMARTS) is 1. The van der Waals surface area contributed by atoms with Gasteiger partial charge in [-0.1, -0.05) is 0 Å². The summed E-state index contributed by atoms with van der Waals surface area (Å²) in [6, 6.07) is 0. The van der Waals surface area contributed by atoms with Gasteiger partial charge in [-0.25, -0.2) is 0 Å². The van der Waals surface area contributed by atoms with Crippen LogP contribution < -0.4 is 5.11 Å². The molecule has 0 heterocycles. The van der Waals surface area contributed by atoms with Gasteiger partial charge in [0.1, 0.15) is 0 Å². The predicted octanol–water partition coefficient (Wildman–Crippen LogP) is -2.07. The van der Waals surface area contributed by atoms with Gasteiger partial charge in [-0.05, 0) is 6.92 Å². The van der Waals surface area contributed by atoms with Crippen LogP contribution in [0.5, 0.6) is 0 Å². The number of rotatable bonds is 0. The van der Waals surface area contributed by atoms with Crippen LogP contribution in [0, 0.1) is 38.6 Å². The van der Waals surface area contributed by atoms with E-state index in [0.29, 0.717) is 0 Å². The van der Waals surface area contributed by atoms with Gasteiger partial charge in [0.25, 0.3) is 0 Å². The summed E-state index contributed by atoms with van der Waals surface area (Å²) < 4.78 is 0. The minimum atomic E-state index is -1.08. The smallest absolute Gasteiger partial charge is 0.550 e. The molecule has 0 fully saturated rings. The number of carbonyl (C=O) groups excluding carboxylic acids is 1. The van der Waals surface area contributed by atoms with E-state index in [9.17, 15) is 0 Å². The van der Waals surface area contributed by atoms with E-state index < -0.39 is 5.97 Å². The fraction of sp³-hybridized carbons (Fsp3) is 0.500. The fourth-order valence-corrected chi connectivity index (χ4v) is 0. The number of hydrogen-bond donors (Lipinski definition) is 0. The Labute approximate surface area is 66.5 Å². The summed E-state index contributed by atoms with van der Waals surface area (Å²) in [7, 11) is 0. The molecule has 0 unspecified atom stereocenters. The van der Waals surface area contributed by atoms with Gasteiger partial charge in [-0.3, -0.25) is 0 Å². The van der Waals surface area contributed by atoms with Crippen molar-refractivity contribution < 1.29 is 54.0 Å². The predicted molar refractivity (Wildman–Crippen MR) is 14.3 cm³/mol. The van der Waals surface area contributed by atoms with Crippen molar-refractivity contribution in [3.63, 3.8) is 0 Å². The van der Waals surface area contributed by atoms with Crippen LogP contribution in [0.3, 0.4) is 0 Å². The van der Waals surface area contributed by atoms with Crippen molar-refractivity contribution in [3.8, 4) is 0 Å². The van der Waals surface area contributed by atoms with Crippen molar-refractivity contribution in [2.45, 2.75) is 6.92 Å². The quantitative estimate of drug-likeness (QED) is 0.484. The summed E-state index contributed by atoms with van der Waals surface area (Å²) in [5, 5.41) is 8.89. The zero-order chi connectivity index (χ0) is 3.58. The summed E-state index contributed by atoms with van der Waals surface area (Å²) in [6.45, 7) is 0.972. The number of carbonyl (C=O) groups is 1. The van der Waals surface area contributed by atoms with E-state index in [2.05, 4.69) is 0 Å². The molecule has 2 N–H and O–H groups in total. The molecule has 0 saturated carbocycles. The van der Waals surface area contributed by atoms with E-state index in [-0.39, 0.29) is 44.1 Å². The molecule has 6 heavy (non-hydrogen) atoms. The van der Waals surface area contributed by atoms with Crippen molar-refractivity contribution >= 4 is 5.97 Å². The van der Waals surface area contributed by atoms with E-state index in [1.54, 1.807) is 0 Å². The minimum Gasteiger partial charge on any atom is -0.550 e. The molecule has 0 aromatic carbocycles. The summed E-state index contributed by atoms with van der Waals surface area (Å²) in [5.74, 6) is -1.08. The maximum absolute atomic E-state index is 8.89. The van der Waals surface area contributed by atoms with E-state index in [0.717, 1.165) is 6.92 Å². The van der Waals surface area contributed by atoms with Crippen LogP contribution in [-0.2, 0) is 4.79 Å². The molecular weight excluding hydrogens is 231 g/mol. The van der Waals surface area contributed by atoms with Gasteiger partial charge in [-0.15, -0.1) is 0 Å². The minimum absolute atomic E-state index is 0. The van der Waals surface area contributed by atoms with Gasteiger partial charge in [0.05, 0.1) is 0 Å². The largest absolute Gasteiger partial charge is 3.00 e. The van der Waals surface area contributed by atoms with Gasteiger partial charge in [-0.2, -0.15) is 0 Å². The molecule has 3 nitrogen and oxygen atoms in total. The Morgan fingerprint density at radius 3 is 1.67 bits per heavy atom. The van der Waals surface area contributed by atoms with Crippen LogP contribution in [0.15, 0.2) is 0 Å². The van der Waals surface area contributed by atoms with Gasteiger partial charge in [0.2, 0.25) is 0 Å². The zero-order valence-corrected chi connectivity index (χ0v) is 5.29. The van der Waals surface area contributed by atoms with Crippen LogP contribution in [0.25, 0.3) is 0 Å². The fourth-order valence-electron chi connectivity index (χ4n) is 0. The third-order valence-corrected chi connectivity index (χ3v) is 0. The standard InChI is InChI=1S/C2H4O2.H2O.Tb/c1-2(3)4;;/h1H3,(H,3,4);1H2;/q;;+3/p-1. The Morgan fingerprint density at radius 2 is 1.67 bits per heavy atom. The maximum Gasteiger partial charge on any atom is 3.00 e. The normalized spacial score (nSPS) is 4.17. The van der Waals surface area contributed by atoms with Crippen LogP contribution in [0.4, 0.5) is 0 Å². The van der Waals surface area contributed by atoms with Crippen molar-refractivity contribution in [2.24, 2.45) is 0 Å². The third kappa shape index (κ3) is 127. The topological polar surface area (TPSA) is 71.6 Å². The van der Waals surface area contributed by atoms with Crippen LogP contribution in [0.1, 0.15) is 6.92 Å². The van der Waals surface area contributed by atoms with Crippen molar-refractivity contribution in [3.05, 3.63) is 0 Å². The summed E-state index contributed by atoms with van der Waals surface area (Å²) in [6.07, 6.45) is 0. The summed E-state index contributed by atoms with van der Waals surface area (Å²) in [4.78, 5) is 8.89. The molecule has 0 rings (SSSR count). The first-order valence-electron chi connectivity index (χ1n) is 0.908. The second-order valence-electron chi connectivity index (χ2n) is 0.492. The molecule has 0 spiro atoms. The molecule has 0 aliphatic carbocycles. The average molecular weight is 236 g/mol. The van der Waals surface area contributed by atoms with Gasteiger partial charge in [0, 0.05) is 5.97 Å². The molecule has 0 aromatic rings. The second kappa shape index (κ2) is 9.21. The molecule has 0 aromatic heterocycles. The molecule has 0 aliphatic rings. The molecule has 0 amide bonds. The Morgan fingerprint density at radius 1 is 1.67 bits per heavy atom. The van der Waals surface area contributed by atoms with E-state index in [4.69, 9.17) is 9.90 Å². The van der Waals surface area contributed by atoms with Crippen LogP contribution in [0.2, 0.25) is 0 Å². The SMILES string of the molecule is CC(=O)[O-].O.[Tb+3]. The Bertz CT molecular complexity index is 31.8. The first-order valence-corrected chi connectivity index (χ1v) is 0.908. The number of aliphatic carboxylic acids is 1. The summed E-state index contributed by atoms with van der Waals surface area (Å²) in [5.41, 5.74) is 0. The first kappa shape index (κ1) is 15.9. The Hall–Kier alpha value is 0.716. The van der Waals surface area contributed by atoms with Crippen molar-refractivity contribution in [1.82, 2.24) is 0 Å². The molecule has 0 atom stereocenters. The van der Waals surface area contributed by atoms with Crippen molar-refractivity contribution in [1.29, 1.82) is 0 Å². The Kier molecular flexibility index (Phi) is 24.4. The molecular formula is C2H5O3Tb+2. The third-order valence-electron chi connectivity index (χ3n) is 0. The van der Waals surface area contributed by atoms with Crippen LogP contribution >= 0.6 is 0 Å². The van der Waals surface area contributed by atoms with Gasteiger partial charge >= 0.3 is 38.6 Å². The summed E-state index contributed by atoms with van der Waals surface area (Å²) >= 11 is 0. The average Bonchev–Trinajstić information content (AvgIpc) is 0.811. The van der Waals surface area contributed by atoms with E-state index in [1.807, 2.05) is 0 Å². The van der Waals surface area contributed by atoms with Gasteiger partial charge in [0.15, 0.2) is 0 Å². The molecule has 38 valence electrons. The number of hydrogen-bond acceptors (Lipinski definition) is 2. The second-order valence-corrected chi connectivity index (χ2v) is 0.492. The number of carboxylic acids is 1. The van der Waals surface area contributed by atoms with E-state index >= 15 is 0 Å². The molecule has 0 bridgehead atoms. The van der Waals surface area contributed by atoms with Crippen LogP contribution in [-0.4, -0.2) is 11.4 Å². The molecule has 0 radical (unpaired) electrons. The molecule has 0 saturated heterocycles. The van der Waals surface area contributed by atoms with E-state index in [1.165, 1.54) is 0 Å². The molecule has 4 heteroatoms. The monoisotopic (exact) mass is 236 g/mol. The first-order chi connectivity index (χ1) is 1.73. The molecule has 0 aliphatic heterocycles. The van der Waals surface area contributed by atoms with Crippen molar-refractivity contribution in [2.75, 3.05) is 0 Å². The maximum atomic E-state index is 8.89. The Balaban J connectivity index is -0.0000000450.